The summed E-state index contributed by atoms with van der Waals surface area (Å²) in [4.78, 5) is 10.9. The summed E-state index contributed by atoms with van der Waals surface area (Å²) < 4.78 is 77.9. The first-order valence-corrected chi connectivity index (χ1v) is 6.51. The second kappa shape index (κ2) is 6.83. The summed E-state index contributed by atoms with van der Waals surface area (Å²) in [7, 11) is 1.13. The Morgan fingerprint density at radius 3 is 2.24 bits per heavy atom. The van der Waals surface area contributed by atoms with Crippen LogP contribution in [-0.2, 0) is 0 Å². The Kier molecular flexibility index (Phi) is 5.00. The zero-order valence-corrected chi connectivity index (χ0v) is 12.5. The second-order valence-electron chi connectivity index (χ2n) is 4.59. The van der Waals surface area contributed by atoms with Gasteiger partial charge in [0.2, 0.25) is 0 Å². The average Bonchev–Trinajstić information content (AvgIpc) is 2.50. The predicted molar refractivity (Wildman–Crippen MR) is 74.6 cm³/mol. The van der Waals surface area contributed by atoms with Crippen LogP contribution in [-0.4, -0.2) is 19.4 Å². The molecule has 0 heterocycles. The number of rotatable bonds is 5. The van der Waals surface area contributed by atoms with Gasteiger partial charge in [-0.25, -0.2) is 8.78 Å². The number of alkyl halides is 3. The van der Waals surface area contributed by atoms with E-state index < -0.39 is 41.0 Å². The minimum Gasteiger partial charge on any atom is -0.493 e. The molecule has 134 valence electrons. The van der Waals surface area contributed by atoms with Crippen LogP contribution >= 0.6 is 0 Å². The van der Waals surface area contributed by atoms with E-state index in [1.807, 2.05) is 0 Å². The van der Waals surface area contributed by atoms with Crippen LogP contribution in [0.5, 0.6) is 23.0 Å². The SMILES string of the molecule is COc1cc(OC(F)(F)F)ccc1Oc1cc(F)c(C(N)=O)cc1F. The van der Waals surface area contributed by atoms with Gasteiger partial charge in [-0.3, -0.25) is 4.79 Å². The molecule has 0 aromatic heterocycles. The molecule has 2 N–H and O–H groups in total. The zero-order chi connectivity index (χ0) is 18.8. The lowest BCUT2D eigenvalue weighted by Crippen LogP contribution is -2.17. The minimum atomic E-state index is -4.91. The maximum Gasteiger partial charge on any atom is 0.573 e. The van der Waals surface area contributed by atoms with E-state index in [2.05, 4.69) is 4.74 Å². The first kappa shape index (κ1) is 18.3. The highest BCUT2D eigenvalue weighted by molar-refractivity contribution is 5.93. The van der Waals surface area contributed by atoms with Crippen LogP contribution in [0.3, 0.4) is 0 Å². The Bertz CT molecular complexity index is 807. The van der Waals surface area contributed by atoms with Crippen molar-refractivity contribution in [3.05, 3.63) is 47.5 Å². The molecule has 2 aromatic carbocycles. The standard InChI is InChI=1S/C15H10F5NO4/c1-23-13-4-7(25-15(18,19)20)2-3-11(13)24-12-6-9(16)8(14(21)22)5-10(12)17/h2-6H,1H3,(H2,21,22). The van der Waals surface area contributed by atoms with Crippen molar-refractivity contribution in [3.63, 3.8) is 0 Å². The summed E-state index contributed by atoms with van der Waals surface area (Å²) in [5.41, 5.74) is 4.21. The van der Waals surface area contributed by atoms with Crippen molar-refractivity contribution in [2.75, 3.05) is 7.11 Å². The average molecular weight is 363 g/mol. The van der Waals surface area contributed by atoms with Crippen molar-refractivity contribution < 1.29 is 41.0 Å². The third-order valence-corrected chi connectivity index (χ3v) is 2.88. The molecule has 0 aliphatic rings. The van der Waals surface area contributed by atoms with Crippen molar-refractivity contribution in [1.29, 1.82) is 0 Å². The summed E-state index contributed by atoms with van der Waals surface area (Å²) in [6.07, 6.45) is -4.91. The smallest absolute Gasteiger partial charge is 0.493 e. The van der Waals surface area contributed by atoms with E-state index in [-0.39, 0.29) is 11.5 Å². The Labute approximate surface area is 137 Å². The third kappa shape index (κ3) is 4.49. The minimum absolute atomic E-state index is 0.206. The van der Waals surface area contributed by atoms with Gasteiger partial charge in [-0.15, -0.1) is 13.2 Å². The Morgan fingerprint density at radius 2 is 1.68 bits per heavy atom. The lowest BCUT2D eigenvalue weighted by atomic mass is 10.2. The molecule has 10 heteroatoms. The number of ether oxygens (including phenoxy) is 3. The van der Waals surface area contributed by atoms with Gasteiger partial charge in [-0.2, -0.15) is 0 Å². The van der Waals surface area contributed by atoms with Gasteiger partial charge >= 0.3 is 6.36 Å². The van der Waals surface area contributed by atoms with Crippen molar-refractivity contribution in [3.8, 4) is 23.0 Å². The fraction of sp³-hybridized carbons (Fsp3) is 0.133. The van der Waals surface area contributed by atoms with Crippen LogP contribution in [0.15, 0.2) is 30.3 Å². The number of carbonyl (C=O) groups excluding carboxylic acids is 1. The molecular weight excluding hydrogens is 353 g/mol. The van der Waals surface area contributed by atoms with Crippen molar-refractivity contribution in [2.45, 2.75) is 6.36 Å². The quantitative estimate of drug-likeness (QED) is 0.821. The van der Waals surface area contributed by atoms with Gasteiger partial charge in [-0.1, -0.05) is 0 Å². The number of halogens is 5. The second-order valence-corrected chi connectivity index (χ2v) is 4.59. The maximum atomic E-state index is 13.9. The van der Waals surface area contributed by atoms with Gasteiger partial charge < -0.3 is 19.9 Å². The molecule has 0 bridgehead atoms. The van der Waals surface area contributed by atoms with Gasteiger partial charge in [0.1, 0.15) is 11.6 Å². The van der Waals surface area contributed by atoms with E-state index in [1.165, 1.54) is 0 Å². The molecular formula is C15H10F5NO4. The van der Waals surface area contributed by atoms with E-state index in [1.54, 1.807) is 0 Å². The summed E-state index contributed by atoms with van der Waals surface area (Å²) in [5.74, 6) is -5.04. The van der Waals surface area contributed by atoms with E-state index >= 15 is 0 Å². The Balaban J connectivity index is 2.34. The molecule has 0 fully saturated rings. The fourth-order valence-corrected chi connectivity index (χ4v) is 1.84. The largest absolute Gasteiger partial charge is 0.573 e. The molecule has 0 unspecified atom stereocenters. The van der Waals surface area contributed by atoms with Crippen LogP contribution in [0.25, 0.3) is 0 Å². The first-order valence-electron chi connectivity index (χ1n) is 6.51. The Morgan fingerprint density at radius 1 is 1.00 bits per heavy atom. The van der Waals surface area contributed by atoms with Crippen LogP contribution in [0.1, 0.15) is 10.4 Å². The number of methoxy groups -OCH3 is 1. The highest BCUT2D eigenvalue weighted by atomic mass is 19.4. The van der Waals surface area contributed by atoms with Crippen molar-refractivity contribution in [1.82, 2.24) is 0 Å². The van der Waals surface area contributed by atoms with E-state index in [9.17, 15) is 26.7 Å². The number of benzene rings is 2. The summed E-state index contributed by atoms with van der Waals surface area (Å²) in [5, 5.41) is 0. The molecule has 0 spiro atoms. The monoisotopic (exact) mass is 363 g/mol. The van der Waals surface area contributed by atoms with Gasteiger partial charge in [0, 0.05) is 12.1 Å². The molecule has 1 amide bonds. The zero-order valence-electron chi connectivity index (χ0n) is 12.5. The lowest BCUT2D eigenvalue weighted by Gasteiger charge is -2.14. The van der Waals surface area contributed by atoms with E-state index in [0.717, 1.165) is 25.3 Å². The number of hydrogen-bond acceptors (Lipinski definition) is 4. The van der Waals surface area contributed by atoms with Gasteiger partial charge in [-0.05, 0) is 18.2 Å². The molecule has 0 aliphatic heterocycles. The molecule has 2 rings (SSSR count). The van der Waals surface area contributed by atoms with E-state index in [4.69, 9.17) is 15.2 Å². The molecule has 0 aliphatic carbocycles. The molecule has 0 atom stereocenters. The molecule has 0 radical (unpaired) electrons. The number of carbonyl (C=O) groups is 1. The topological polar surface area (TPSA) is 70.8 Å². The number of amides is 1. The van der Waals surface area contributed by atoms with Crippen LogP contribution in [0.4, 0.5) is 22.0 Å². The summed E-state index contributed by atoms with van der Waals surface area (Å²) in [6, 6.07) is 3.89. The molecule has 0 saturated carbocycles. The first-order chi connectivity index (χ1) is 11.6. The predicted octanol–water partition coefficient (Wildman–Crippen LogP) is 3.76. The number of primary amides is 1. The Hall–Kier alpha value is -3.04. The maximum absolute atomic E-state index is 13.9. The normalized spacial score (nSPS) is 11.1. The third-order valence-electron chi connectivity index (χ3n) is 2.88. The molecule has 0 saturated heterocycles. The van der Waals surface area contributed by atoms with Gasteiger partial charge in [0.25, 0.3) is 5.91 Å². The number of hydrogen-bond donors (Lipinski definition) is 1. The lowest BCUT2D eigenvalue weighted by molar-refractivity contribution is -0.274. The highest BCUT2D eigenvalue weighted by Gasteiger charge is 2.31. The number of nitrogens with two attached hydrogens (primary N) is 1. The molecule has 25 heavy (non-hydrogen) atoms. The molecule has 2 aromatic rings. The highest BCUT2D eigenvalue weighted by Crippen LogP contribution is 2.37. The van der Waals surface area contributed by atoms with Gasteiger partial charge in [0.15, 0.2) is 23.1 Å². The van der Waals surface area contributed by atoms with Crippen molar-refractivity contribution in [2.24, 2.45) is 5.73 Å². The van der Waals surface area contributed by atoms with Crippen molar-refractivity contribution >= 4 is 5.91 Å². The summed E-state index contributed by atoms with van der Waals surface area (Å²) >= 11 is 0. The van der Waals surface area contributed by atoms with E-state index in [0.29, 0.717) is 12.1 Å². The van der Waals surface area contributed by atoms with Crippen LogP contribution < -0.4 is 19.9 Å². The fourth-order valence-electron chi connectivity index (χ4n) is 1.84. The van der Waals surface area contributed by atoms with Crippen LogP contribution in [0, 0.1) is 11.6 Å². The van der Waals surface area contributed by atoms with Gasteiger partial charge in [0.05, 0.1) is 12.7 Å². The van der Waals surface area contributed by atoms with Crippen LogP contribution in [0.2, 0.25) is 0 Å². The molecule has 5 nitrogen and oxygen atoms in total. The summed E-state index contributed by atoms with van der Waals surface area (Å²) in [6.45, 7) is 0.